The second-order valence-corrected chi connectivity index (χ2v) is 3.51. The van der Waals surface area contributed by atoms with Gasteiger partial charge in [-0.15, -0.1) is 0 Å². The van der Waals surface area contributed by atoms with Crippen molar-refractivity contribution in [3.63, 3.8) is 0 Å². The van der Waals surface area contributed by atoms with Crippen molar-refractivity contribution in [2.24, 2.45) is 0 Å². The first-order chi connectivity index (χ1) is 5.56. The molecule has 0 aromatic carbocycles. The fourth-order valence-corrected chi connectivity index (χ4v) is 1.91. The average Bonchev–Trinajstić information content (AvgIpc) is 2.18. The van der Waals surface area contributed by atoms with Crippen molar-refractivity contribution in [2.45, 2.75) is 37.1 Å². The van der Waals surface area contributed by atoms with E-state index in [1.54, 1.807) is 0 Å². The standard InChI is InChI=1S/C7H12N2O3/c10-5-8-6(11)3-1-2-4-7(6,12)9-5/h11-12H,1-4H2,(H2,8,9,10)/t6-,7+. The molecule has 1 aliphatic carbocycles. The number of urea groups is 1. The zero-order valence-corrected chi connectivity index (χ0v) is 6.63. The Hall–Kier alpha value is -0.810. The van der Waals surface area contributed by atoms with E-state index >= 15 is 0 Å². The monoisotopic (exact) mass is 172 g/mol. The Bertz CT molecular complexity index is 211. The van der Waals surface area contributed by atoms with Crippen LogP contribution in [0.3, 0.4) is 0 Å². The molecule has 1 saturated heterocycles. The third-order valence-electron chi connectivity index (χ3n) is 2.65. The highest BCUT2D eigenvalue weighted by atomic mass is 16.4. The van der Waals surface area contributed by atoms with Gasteiger partial charge in [-0.3, -0.25) is 0 Å². The first-order valence-electron chi connectivity index (χ1n) is 4.11. The molecule has 4 N–H and O–H groups in total. The number of nitrogens with one attached hydrogen (secondary N) is 2. The Morgan fingerprint density at radius 3 is 1.92 bits per heavy atom. The summed E-state index contributed by atoms with van der Waals surface area (Å²) in [5, 5.41) is 24.2. The Labute approximate surface area is 69.8 Å². The summed E-state index contributed by atoms with van der Waals surface area (Å²) in [4.78, 5) is 10.9. The van der Waals surface area contributed by atoms with Gasteiger partial charge < -0.3 is 20.8 Å². The quantitative estimate of drug-likeness (QED) is 0.388. The summed E-state index contributed by atoms with van der Waals surface area (Å²) >= 11 is 0. The van der Waals surface area contributed by atoms with Crippen molar-refractivity contribution in [2.75, 3.05) is 0 Å². The van der Waals surface area contributed by atoms with E-state index in [4.69, 9.17) is 0 Å². The highest BCUT2D eigenvalue weighted by molar-refractivity contribution is 5.78. The molecule has 1 heterocycles. The van der Waals surface area contributed by atoms with Gasteiger partial charge in [0.2, 0.25) is 0 Å². The predicted molar refractivity (Wildman–Crippen MR) is 40.0 cm³/mol. The molecule has 5 nitrogen and oxygen atoms in total. The van der Waals surface area contributed by atoms with Crippen LogP contribution in [0.2, 0.25) is 0 Å². The van der Waals surface area contributed by atoms with Crippen molar-refractivity contribution < 1.29 is 15.0 Å². The highest BCUT2D eigenvalue weighted by Gasteiger charge is 2.57. The van der Waals surface area contributed by atoms with Gasteiger partial charge in [-0.1, -0.05) is 0 Å². The van der Waals surface area contributed by atoms with Crippen LogP contribution in [0.1, 0.15) is 25.7 Å². The van der Waals surface area contributed by atoms with E-state index in [0.717, 1.165) is 12.8 Å². The first-order valence-corrected chi connectivity index (χ1v) is 4.11. The van der Waals surface area contributed by atoms with Gasteiger partial charge in [0, 0.05) is 0 Å². The summed E-state index contributed by atoms with van der Waals surface area (Å²) in [6.45, 7) is 0. The van der Waals surface area contributed by atoms with Crippen molar-refractivity contribution >= 4 is 6.03 Å². The maximum Gasteiger partial charge on any atom is 0.319 e. The molecule has 68 valence electrons. The molecule has 0 aromatic rings. The summed E-state index contributed by atoms with van der Waals surface area (Å²) in [6.07, 6.45) is 2.45. The van der Waals surface area contributed by atoms with E-state index in [1.165, 1.54) is 0 Å². The molecule has 5 heteroatoms. The minimum absolute atomic E-state index is 0.405. The maximum atomic E-state index is 10.9. The van der Waals surface area contributed by atoms with Gasteiger partial charge in [-0.25, -0.2) is 4.79 Å². The summed E-state index contributed by atoms with van der Waals surface area (Å²) in [5.41, 5.74) is -2.91. The number of carbonyl (C=O) groups excluding carboxylic acids is 1. The fourth-order valence-electron chi connectivity index (χ4n) is 1.91. The molecule has 0 radical (unpaired) electrons. The molecule has 2 rings (SSSR count). The topological polar surface area (TPSA) is 81.6 Å². The van der Waals surface area contributed by atoms with Crippen LogP contribution >= 0.6 is 0 Å². The number of hydrogen-bond acceptors (Lipinski definition) is 3. The second-order valence-electron chi connectivity index (χ2n) is 3.51. The summed E-state index contributed by atoms with van der Waals surface area (Å²) < 4.78 is 0. The molecule has 0 unspecified atom stereocenters. The van der Waals surface area contributed by atoms with E-state index < -0.39 is 17.5 Å². The second kappa shape index (κ2) is 2.11. The van der Waals surface area contributed by atoms with Crippen LogP contribution in [-0.2, 0) is 0 Å². The van der Waals surface area contributed by atoms with Gasteiger partial charge in [0.15, 0.2) is 11.4 Å². The molecule has 2 fully saturated rings. The highest BCUT2D eigenvalue weighted by Crippen LogP contribution is 2.36. The lowest BCUT2D eigenvalue weighted by Crippen LogP contribution is -2.61. The molecular formula is C7H12N2O3. The zero-order valence-electron chi connectivity index (χ0n) is 6.63. The summed E-state index contributed by atoms with van der Waals surface area (Å²) in [5.74, 6) is 0. The number of amides is 2. The Morgan fingerprint density at radius 1 is 1.08 bits per heavy atom. The Morgan fingerprint density at radius 2 is 1.50 bits per heavy atom. The van der Waals surface area contributed by atoms with Crippen LogP contribution in [0.25, 0.3) is 0 Å². The van der Waals surface area contributed by atoms with Gasteiger partial charge in [-0.2, -0.15) is 0 Å². The molecule has 1 aliphatic heterocycles. The number of carbonyl (C=O) groups is 1. The van der Waals surface area contributed by atoms with Crippen LogP contribution in [-0.4, -0.2) is 27.7 Å². The minimum atomic E-state index is -1.46. The smallest absolute Gasteiger partial charge is 0.319 e. The Kier molecular flexibility index (Phi) is 1.38. The SMILES string of the molecule is O=C1N[C@]2(O)CCCC[C@]2(O)N1. The number of fused-ring (bicyclic) bond motifs is 1. The van der Waals surface area contributed by atoms with E-state index in [9.17, 15) is 15.0 Å². The van der Waals surface area contributed by atoms with Gasteiger partial charge in [0.1, 0.15) is 0 Å². The molecule has 12 heavy (non-hydrogen) atoms. The van der Waals surface area contributed by atoms with E-state index in [0.29, 0.717) is 12.8 Å². The molecule has 2 amide bonds. The molecule has 0 aromatic heterocycles. The van der Waals surface area contributed by atoms with Crippen molar-refractivity contribution in [3.05, 3.63) is 0 Å². The van der Waals surface area contributed by atoms with Gasteiger partial charge >= 0.3 is 6.03 Å². The molecular weight excluding hydrogens is 160 g/mol. The molecule has 0 spiro atoms. The van der Waals surface area contributed by atoms with Gasteiger partial charge in [-0.05, 0) is 25.7 Å². The number of hydrogen-bond donors (Lipinski definition) is 4. The zero-order chi connectivity index (χ0) is 8.82. The molecule has 1 saturated carbocycles. The lowest BCUT2D eigenvalue weighted by molar-refractivity contribution is -0.174. The van der Waals surface area contributed by atoms with E-state index in [1.807, 2.05) is 0 Å². The van der Waals surface area contributed by atoms with Gasteiger partial charge in [0.05, 0.1) is 0 Å². The fraction of sp³-hybridized carbons (Fsp3) is 0.857. The van der Waals surface area contributed by atoms with Crippen molar-refractivity contribution in [1.29, 1.82) is 0 Å². The molecule has 2 atom stereocenters. The van der Waals surface area contributed by atoms with Crippen LogP contribution < -0.4 is 10.6 Å². The lowest BCUT2D eigenvalue weighted by Gasteiger charge is -2.39. The number of rotatable bonds is 0. The van der Waals surface area contributed by atoms with Crippen molar-refractivity contribution in [3.8, 4) is 0 Å². The first kappa shape index (κ1) is 7.82. The van der Waals surface area contributed by atoms with Crippen molar-refractivity contribution in [1.82, 2.24) is 10.6 Å². The molecule has 0 bridgehead atoms. The van der Waals surface area contributed by atoms with Crippen LogP contribution in [0.4, 0.5) is 4.79 Å². The largest absolute Gasteiger partial charge is 0.367 e. The maximum absolute atomic E-state index is 10.9. The summed E-state index contributed by atoms with van der Waals surface area (Å²) in [6, 6.07) is -0.498. The normalized spacial score (nSPS) is 46.3. The third kappa shape index (κ3) is 0.834. The summed E-state index contributed by atoms with van der Waals surface area (Å²) in [7, 11) is 0. The van der Waals surface area contributed by atoms with E-state index in [-0.39, 0.29) is 0 Å². The van der Waals surface area contributed by atoms with Crippen LogP contribution in [0.5, 0.6) is 0 Å². The van der Waals surface area contributed by atoms with Gasteiger partial charge in [0.25, 0.3) is 0 Å². The molecule has 2 aliphatic rings. The van der Waals surface area contributed by atoms with Crippen LogP contribution in [0, 0.1) is 0 Å². The third-order valence-corrected chi connectivity index (χ3v) is 2.65. The lowest BCUT2D eigenvalue weighted by atomic mass is 9.85. The predicted octanol–water partition coefficient (Wildman–Crippen LogP) is -0.750. The van der Waals surface area contributed by atoms with E-state index in [2.05, 4.69) is 10.6 Å². The average molecular weight is 172 g/mol. The number of aliphatic hydroxyl groups is 2. The minimum Gasteiger partial charge on any atom is -0.367 e. The van der Waals surface area contributed by atoms with Crippen LogP contribution in [0.15, 0.2) is 0 Å². The Balaban J connectivity index is 2.30.